The van der Waals surface area contributed by atoms with Gasteiger partial charge in [-0.3, -0.25) is 0 Å². The molecule has 0 spiro atoms. The van der Waals surface area contributed by atoms with E-state index in [1.807, 2.05) is 12.1 Å². The summed E-state index contributed by atoms with van der Waals surface area (Å²) >= 11 is 6.11. The fourth-order valence-electron chi connectivity index (χ4n) is 1.72. The number of benzene rings is 1. The van der Waals surface area contributed by atoms with Crippen LogP contribution in [-0.4, -0.2) is 4.98 Å². The fourth-order valence-corrected chi connectivity index (χ4v) is 1.98. The Hall–Kier alpha value is -1.46. The molecule has 1 N–H and O–H groups in total. The van der Waals surface area contributed by atoms with Gasteiger partial charge in [-0.05, 0) is 24.6 Å². The van der Waals surface area contributed by atoms with E-state index in [1.165, 1.54) is 5.69 Å². The first kappa shape index (κ1) is 10.1. The topological polar surface area (TPSA) is 39.6 Å². The Balaban J connectivity index is 2.62. The van der Waals surface area contributed by atoms with Crippen LogP contribution in [0.5, 0.6) is 0 Å². The zero-order valence-corrected chi connectivity index (χ0v) is 9.23. The lowest BCUT2D eigenvalue weighted by atomic mass is 10.1. The van der Waals surface area contributed by atoms with Gasteiger partial charge in [-0.25, -0.2) is 0 Å². The molecule has 0 amide bonds. The number of nitrogens with zero attached hydrogens (tertiary/aromatic N) is 1. The van der Waals surface area contributed by atoms with Crippen molar-refractivity contribution in [1.29, 1.82) is 5.26 Å². The highest BCUT2D eigenvalue weighted by Crippen LogP contribution is 2.27. The number of aromatic nitrogens is 1. The maximum atomic E-state index is 8.84. The van der Waals surface area contributed by atoms with Crippen LogP contribution < -0.4 is 0 Å². The van der Waals surface area contributed by atoms with Crippen LogP contribution in [0.4, 0.5) is 0 Å². The lowest BCUT2D eigenvalue weighted by Crippen LogP contribution is -1.80. The average molecular weight is 219 g/mol. The van der Waals surface area contributed by atoms with E-state index in [1.54, 1.807) is 6.07 Å². The van der Waals surface area contributed by atoms with Gasteiger partial charge in [0.2, 0.25) is 0 Å². The van der Waals surface area contributed by atoms with E-state index >= 15 is 0 Å². The Morgan fingerprint density at radius 3 is 2.93 bits per heavy atom. The first-order valence-electron chi connectivity index (χ1n) is 4.96. The minimum Gasteiger partial charge on any atom is -0.358 e. The number of aryl methyl sites for hydroxylation is 1. The molecule has 2 nitrogen and oxygen atoms in total. The molecule has 1 aromatic carbocycles. The van der Waals surface area contributed by atoms with Crippen molar-refractivity contribution in [2.45, 2.75) is 19.8 Å². The Morgan fingerprint density at radius 2 is 2.27 bits per heavy atom. The number of nitriles is 1. The number of nitrogens with one attached hydrogen (secondary N) is 1. The third-order valence-corrected chi connectivity index (χ3v) is 2.84. The number of fused-ring (bicyclic) bond motifs is 1. The Kier molecular flexibility index (Phi) is 2.66. The first-order chi connectivity index (χ1) is 7.26. The standard InChI is InChI=1S/C12H11ClN2/c1-2-3-9-6-10-11(15-9)5-4-8(7-14)12(10)13/h4-6,15H,2-3H2,1H3. The molecule has 1 heterocycles. The van der Waals surface area contributed by atoms with Gasteiger partial charge in [0.15, 0.2) is 0 Å². The maximum absolute atomic E-state index is 8.84. The predicted octanol–water partition coefficient (Wildman–Crippen LogP) is 3.65. The van der Waals surface area contributed by atoms with Gasteiger partial charge in [-0.2, -0.15) is 5.26 Å². The molecule has 0 aliphatic carbocycles. The van der Waals surface area contributed by atoms with Crippen molar-refractivity contribution in [3.63, 3.8) is 0 Å². The molecule has 76 valence electrons. The fraction of sp³-hybridized carbons (Fsp3) is 0.250. The van der Waals surface area contributed by atoms with Crippen LogP contribution in [-0.2, 0) is 6.42 Å². The van der Waals surface area contributed by atoms with E-state index < -0.39 is 0 Å². The lowest BCUT2D eigenvalue weighted by molar-refractivity contribution is 0.896. The molecule has 0 radical (unpaired) electrons. The van der Waals surface area contributed by atoms with E-state index in [9.17, 15) is 0 Å². The molecule has 0 bridgehead atoms. The summed E-state index contributed by atoms with van der Waals surface area (Å²) in [7, 11) is 0. The summed E-state index contributed by atoms with van der Waals surface area (Å²) in [6.07, 6.45) is 2.10. The Bertz CT molecular complexity index is 534. The van der Waals surface area contributed by atoms with Crippen LogP contribution >= 0.6 is 11.6 Å². The molecule has 1 aromatic heterocycles. The molecule has 0 aliphatic heterocycles. The SMILES string of the molecule is CCCc1cc2c(Cl)c(C#N)ccc2[nH]1. The molecule has 0 unspecified atom stereocenters. The number of aromatic amines is 1. The van der Waals surface area contributed by atoms with Crippen molar-refractivity contribution in [1.82, 2.24) is 4.98 Å². The van der Waals surface area contributed by atoms with Crippen LogP contribution in [0.3, 0.4) is 0 Å². The summed E-state index contributed by atoms with van der Waals surface area (Å²) in [5.41, 5.74) is 2.71. The highest BCUT2D eigenvalue weighted by Gasteiger charge is 2.07. The molecule has 3 heteroatoms. The van der Waals surface area contributed by atoms with Gasteiger partial charge in [0.1, 0.15) is 6.07 Å². The molecule has 0 atom stereocenters. The summed E-state index contributed by atoms with van der Waals surface area (Å²) in [5.74, 6) is 0. The van der Waals surface area contributed by atoms with E-state index in [0.29, 0.717) is 10.6 Å². The van der Waals surface area contributed by atoms with Crippen molar-refractivity contribution in [3.8, 4) is 6.07 Å². The van der Waals surface area contributed by atoms with E-state index in [0.717, 1.165) is 23.7 Å². The maximum Gasteiger partial charge on any atom is 0.101 e. The molecule has 0 aliphatic rings. The summed E-state index contributed by atoms with van der Waals surface area (Å²) in [6, 6.07) is 7.76. The highest BCUT2D eigenvalue weighted by molar-refractivity contribution is 6.36. The third kappa shape index (κ3) is 1.71. The summed E-state index contributed by atoms with van der Waals surface area (Å²) in [5, 5.41) is 10.3. The van der Waals surface area contributed by atoms with Crippen LogP contribution in [0.2, 0.25) is 5.02 Å². The Morgan fingerprint density at radius 1 is 1.47 bits per heavy atom. The predicted molar refractivity (Wildman–Crippen MR) is 62.0 cm³/mol. The minimum atomic E-state index is 0.534. The average Bonchev–Trinajstić information content (AvgIpc) is 2.63. The monoisotopic (exact) mass is 218 g/mol. The molecular weight excluding hydrogens is 208 g/mol. The zero-order valence-electron chi connectivity index (χ0n) is 8.47. The van der Waals surface area contributed by atoms with Crippen LogP contribution in [0.1, 0.15) is 24.6 Å². The summed E-state index contributed by atoms with van der Waals surface area (Å²) < 4.78 is 0. The van der Waals surface area contributed by atoms with Gasteiger partial charge < -0.3 is 4.98 Å². The molecule has 15 heavy (non-hydrogen) atoms. The number of hydrogen-bond acceptors (Lipinski definition) is 1. The molecule has 0 saturated heterocycles. The van der Waals surface area contributed by atoms with Crippen molar-refractivity contribution < 1.29 is 0 Å². The number of halogens is 1. The van der Waals surface area contributed by atoms with Crippen LogP contribution in [0.25, 0.3) is 10.9 Å². The molecule has 0 saturated carbocycles. The van der Waals surface area contributed by atoms with E-state index in [2.05, 4.69) is 18.0 Å². The highest BCUT2D eigenvalue weighted by atomic mass is 35.5. The summed E-state index contributed by atoms with van der Waals surface area (Å²) in [6.45, 7) is 2.13. The Labute approximate surface area is 93.5 Å². The molecule has 2 aromatic rings. The number of H-pyrrole nitrogens is 1. The number of rotatable bonds is 2. The third-order valence-electron chi connectivity index (χ3n) is 2.43. The van der Waals surface area contributed by atoms with E-state index in [4.69, 9.17) is 16.9 Å². The van der Waals surface area contributed by atoms with Crippen molar-refractivity contribution in [3.05, 3.63) is 34.5 Å². The van der Waals surface area contributed by atoms with Gasteiger partial charge >= 0.3 is 0 Å². The second kappa shape index (κ2) is 3.96. The molecule has 2 rings (SSSR count). The quantitative estimate of drug-likeness (QED) is 0.821. The van der Waals surface area contributed by atoms with Gasteiger partial charge in [0, 0.05) is 16.6 Å². The number of hydrogen-bond donors (Lipinski definition) is 1. The van der Waals surface area contributed by atoms with Crippen molar-refractivity contribution >= 4 is 22.5 Å². The van der Waals surface area contributed by atoms with Crippen LogP contribution in [0.15, 0.2) is 18.2 Å². The van der Waals surface area contributed by atoms with Gasteiger partial charge in [-0.1, -0.05) is 24.9 Å². The van der Waals surface area contributed by atoms with Gasteiger partial charge in [0.25, 0.3) is 0 Å². The normalized spacial score (nSPS) is 10.5. The first-order valence-corrected chi connectivity index (χ1v) is 5.34. The largest absolute Gasteiger partial charge is 0.358 e. The smallest absolute Gasteiger partial charge is 0.101 e. The summed E-state index contributed by atoms with van der Waals surface area (Å²) in [4.78, 5) is 3.29. The van der Waals surface area contributed by atoms with Gasteiger partial charge in [-0.15, -0.1) is 0 Å². The molecular formula is C12H11ClN2. The van der Waals surface area contributed by atoms with Gasteiger partial charge in [0.05, 0.1) is 10.6 Å². The molecule has 0 fully saturated rings. The van der Waals surface area contributed by atoms with E-state index in [-0.39, 0.29) is 0 Å². The van der Waals surface area contributed by atoms with Crippen LogP contribution in [0, 0.1) is 11.3 Å². The second-order valence-corrected chi connectivity index (χ2v) is 3.92. The van der Waals surface area contributed by atoms with Crippen molar-refractivity contribution in [2.75, 3.05) is 0 Å². The zero-order chi connectivity index (χ0) is 10.8. The van der Waals surface area contributed by atoms with Crippen molar-refractivity contribution in [2.24, 2.45) is 0 Å². The second-order valence-electron chi connectivity index (χ2n) is 3.54. The lowest BCUT2D eigenvalue weighted by Gasteiger charge is -1.95. The minimum absolute atomic E-state index is 0.534.